The molecule has 0 atom stereocenters. The van der Waals surface area contributed by atoms with Gasteiger partial charge in [0.15, 0.2) is 0 Å². The highest BCUT2D eigenvalue weighted by Crippen LogP contribution is 2.33. The van der Waals surface area contributed by atoms with Gasteiger partial charge in [0, 0.05) is 11.8 Å². The highest BCUT2D eigenvalue weighted by Gasteiger charge is 2.24. The molecular formula is C23H18N2O4. The van der Waals surface area contributed by atoms with Crippen LogP contribution in [0.4, 0.5) is 5.69 Å². The summed E-state index contributed by atoms with van der Waals surface area (Å²) < 4.78 is 5.60. The molecule has 0 spiro atoms. The molecule has 0 saturated carbocycles. The van der Waals surface area contributed by atoms with E-state index in [0.717, 1.165) is 16.5 Å². The summed E-state index contributed by atoms with van der Waals surface area (Å²) in [6, 6.07) is 21.2. The molecule has 1 heterocycles. The van der Waals surface area contributed by atoms with Crippen molar-refractivity contribution < 1.29 is 14.5 Å². The van der Waals surface area contributed by atoms with E-state index in [9.17, 15) is 14.9 Å². The van der Waals surface area contributed by atoms with E-state index in [1.54, 1.807) is 36.4 Å². The monoisotopic (exact) mass is 386 g/mol. The molecule has 0 radical (unpaired) electrons. The number of ether oxygens (including phenoxy) is 1. The highest BCUT2D eigenvalue weighted by molar-refractivity contribution is 5.99. The van der Waals surface area contributed by atoms with E-state index in [2.05, 4.69) is 4.98 Å². The first-order valence-corrected chi connectivity index (χ1v) is 9.23. The van der Waals surface area contributed by atoms with Crippen molar-refractivity contribution in [3.05, 3.63) is 94.2 Å². The van der Waals surface area contributed by atoms with Gasteiger partial charge in [0.2, 0.25) is 0 Å². The normalized spacial score (nSPS) is 10.8. The van der Waals surface area contributed by atoms with Crippen LogP contribution in [-0.4, -0.2) is 15.9 Å². The molecule has 29 heavy (non-hydrogen) atoms. The number of benzene rings is 3. The van der Waals surface area contributed by atoms with Crippen LogP contribution in [-0.2, 0) is 6.42 Å². The summed E-state index contributed by atoms with van der Waals surface area (Å²) in [7, 11) is 0. The van der Waals surface area contributed by atoms with Gasteiger partial charge in [-0.15, -0.1) is 0 Å². The van der Waals surface area contributed by atoms with Crippen LogP contribution in [0, 0.1) is 10.1 Å². The SMILES string of the molecule is CCc1cc(C(=O)Oc2ccc3ccccc3c2)c(-c2ccccc2[N+](=O)[O-])[nH]1. The number of fused-ring (bicyclic) bond motifs is 1. The van der Waals surface area contributed by atoms with E-state index in [4.69, 9.17) is 4.74 Å². The first kappa shape index (κ1) is 18.4. The maximum atomic E-state index is 12.9. The maximum Gasteiger partial charge on any atom is 0.345 e. The molecule has 0 amide bonds. The van der Waals surface area contributed by atoms with Crippen LogP contribution in [0.15, 0.2) is 72.8 Å². The van der Waals surface area contributed by atoms with Crippen LogP contribution in [0.1, 0.15) is 23.0 Å². The fourth-order valence-corrected chi connectivity index (χ4v) is 3.31. The number of rotatable bonds is 5. The minimum Gasteiger partial charge on any atom is -0.423 e. The minimum atomic E-state index is -0.565. The Kier molecular flexibility index (Phi) is 4.83. The van der Waals surface area contributed by atoms with Crippen LogP contribution in [0.3, 0.4) is 0 Å². The van der Waals surface area contributed by atoms with Crippen molar-refractivity contribution in [1.82, 2.24) is 4.98 Å². The van der Waals surface area contributed by atoms with Gasteiger partial charge in [0.05, 0.1) is 21.7 Å². The molecule has 0 aliphatic carbocycles. The summed E-state index contributed by atoms with van der Waals surface area (Å²) in [4.78, 5) is 27.1. The van der Waals surface area contributed by atoms with Crippen molar-refractivity contribution in [3.8, 4) is 17.0 Å². The molecular weight excluding hydrogens is 368 g/mol. The number of nitro groups is 1. The Morgan fingerprint density at radius 3 is 2.48 bits per heavy atom. The second-order valence-corrected chi connectivity index (χ2v) is 6.61. The number of nitrogens with one attached hydrogen (secondary N) is 1. The zero-order valence-electron chi connectivity index (χ0n) is 15.7. The number of hydrogen-bond donors (Lipinski definition) is 1. The van der Waals surface area contributed by atoms with Crippen LogP contribution < -0.4 is 4.74 Å². The Morgan fingerprint density at radius 2 is 1.72 bits per heavy atom. The zero-order chi connectivity index (χ0) is 20.4. The minimum absolute atomic E-state index is 0.0724. The lowest BCUT2D eigenvalue weighted by Crippen LogP contribution is -2.09. The van der Waals surface area contributed by atoms with Gasteiger partial charge in [0.1, 0.15) is 5.75 Å². The molecule has 0 fully saturated rings. The molecule has 1 aromatic heterocycles. The fourth-order valence-electron chi connectivity index (χ4n) is 3.31. The molecule has 0 aliphatic rings. The van der Waals surface area contributed by atoms with E-state index in [-0.39, 0.29) is 11.3 Å². The summed E-state index contributed by atoms with van der Waals surface area (Å²) in [6.07, 6.45) is 0.650. The summed E-state index contributed by atoms with van der Waals surface area (Å²) in [5.74, 6) is -0.147. The largest absolute Gasteiger partial charge is 0.423 e. The van der Waals surface area contributed by atoms with Crippen molar-refractivity contribution in [2.24, 2.45) is 0 Å². The molecule has 6 nitrogen and oxygen atoms in total. The Labute approximate surface area is 166 Å². The second kappa shape index (κ2) is 7.59. The third kappa shape index (κ3) is 3.60. The predicted molar refractivity (Wildman–Crippen MR) is 111 cm³/mol. The van der Waals surface area contributed by atoms with Gasteiger partial charge >= 0.3 is 5.97 Å². The molecule has 144 valence electrons. The molecule has 1 N–H and O–H groups in total. The second-order valence-electron chi connectivity index (χ2n) is 6.61. The average Bonchev–Trinajstić information content (AvgIpc) is 3.18. The summed E-state index contributed by atoms with van der Waals surface area (Å²) >= 11 is 0. The number of aryl methyl sites for hydroxylation is 1. The molecule has 6 heteroatoms. The van der Waals surface area contributed by atoms with E-state index < -0.39 is 10.9 Å². The van der Waals surface area contributed by atoms with Crippen molar-refractivity contribution >= 4 is 22.4 Å². The Morgan fingerprint density at radius 1 is 1.00 bits per heavy atom. The van der Waals surface area contributed by atoms with Crippen LogP contribution in [0.5, 0.6) is 5.75 Å². The van der Waals surface area contributed by atoms with E-state index in [1.165, 1.54) is 6.07 Å². The number of hydrogen-bond acceptors (Lipinski definition) is 4. The number of carbonyl (C=O) groups is 1. The standard InChI is InChI=1S/C23H18N2O4/c1-2-17-14-20(22(24-17)19-9-5-6-10-21(19)25(27)28)23(26)29-18-12-11-15-7-3-4-8-16(15)13-18/h3-14,24H,2H2,1H3. The lowest BCUT2D eigenvalue weighted by molar-refractivity contribution is -0.384. The predicted octanol–water partition coefficient (Wildman–Crippen LogP) is 5.52. The van der Waals surface area contributed by atoms with E-state index in [0.29, 0.717) is 23.4 Å². The molecule has 3 aromatic carbocycles. The van der Waals surface area contributed by atoms with Crippen molar-refractivity contribution in [3.63, 3.8) is 0 Å². The molecule has 4 aromatic rings. The molecule has 0 saturated heterocycles. The molecule has 0 bridgehead atoms. The first-order chi connectivity index (χ1) is 14.1. The van der Waals surface area contributed by atoms with Gasteiger partial charge in [-0.25, -0.2) is 4.79 Å². The number of nitrogens with zero attached hydrogens (tertiary/aromatic N) is 1. The van der Waals surface area contributed by atoms with Crippen LogP contribution >= 0.6 is 0 Å². The van der Waals surface area contributed by atoms with Gasteiger partial charge in [-0.2, -0.15) is 0 Å². The van der Waals surface area contributed by atoms with Crippen molar-refractivity contribution in [2.45, 2.75) is 13.3 Å². The average molecular weight is 386 g/mol. The maximum absolute atomic E-state index is 12.9. The summed E-state index contributed by atoms with van der Waals surface area (Å²) in [5.41, 5.74) is 1.73. The zero-order valence-corrected chi connectivity index (χ0v) is 15.7. The van der Waals surface area contributed by atoms with Crippen LogP contribution in [0.25, 0.3) is 22.0 Å². The molecule has 4 rings (SSSR count). The van der Waals surface area contributed by atoms with E-state index >= 15 is 0 Å². The third-order valence-corrected chi connectivity index (χ3v) is 4.78. The van der Waals surface area contributed by atoms with Gasteiger partial charge in [-0.05, 0) is 41.5 Å². The number of H-pyrrole nitrogens is 1. The number of carbonyl (C=O) groups excluding carboxylic acids is 1. The van der Waals surface area contributed by atoms with Gasteiger partial charge < -0.3 is 9.72 Å². The molecule has 0 unspecified atom stereocenters. The van der Waals surface area contributed by atoms with Gasteiger partial charge in [0.25, 0.3) is 5.69 Å². The Balaban J connectivity index is 1.73. The summed E-state index contributed by atoms with van der Waals surface area (Å²) in [5, 5.41) is 13.4. The lowest BCUT2D eigenvalue weighted by atomic mass is 10.1. The molecule has 0 aliphatic heterocycles. The quantitative estimate of drug-likeness (QED) is 0.212. The topological polar surface area (TPSA) is 85.2 Å². The number of para-hydroxylation sites is 1. The van der Waals surface area contributed by atoms with Crippen LogP contribution in [0.2, 0.25) is 0 Å². The highest BCUT2D eigenvalue weighted by atomic mass is 16.6. The van der Waals surface area contributed by atoms with Gasteiger partial charge in [-0.1, -0.05) is 49.4 Å². The number of nitro benzene ring substituents is 1. The van der Waals surface area contributed by atoms with Gasteiger partial charge in [-0.3, -0.25) is 10.1 Å². The smallest absolute Gasteiger partial charge is 0.345 e. The lowest BCUT2D eigenvalue weighted by Gasteiger charge is -2.07. The number of aromatic nitrogens is 1. The van der Waals surface area contributed by atoms with E-state index in [1.807, 2.05) is 37.3 Å². The Hall–Kier alpha value is -3.93. The fraction of sp³-hybridized carbons (Fsp3) is 0.0870. The van der Waals surface area contributed by atoms with Crippen molar-refractivity contribution in [1.29, 1.82) is 0 Å². The number of aromatic amines is 1. The van der Waals surface area contributed by atoms with Crippen molar-refractivity contribution in [2.75, 3.05) is 0 Å². The first-order valence-electron chi connectivity index (χ1n) is 9.23. The third-order valence-electron chi connectivity index (χ3n) is 4.78. The summed E-state index contributed by atoms with van der Waals surface area (Å²) in [6.45, 7) is 1.94. The number of esters is 1. The Bertz CT molecular complexity index is 1230.